The van der Waals surface area contributed by atoms with Gasteiger partial charge in [0.15, 0.2) is 0 Å². The van der Waals surface area contributed by atoms with Crippen LogP contribution in [0.2, 0.25) is 0 Å². The van der Waals surface area contributed by atoms with Crippen molar-refractivity contribution in [2.45, 2.75) is 13.3 Å². The van der Waals surface area contributed by atoms with E-state index in [1.807, 2.05) is 6.92 Å². The lowest BCUT2D eigenvalue weighted by molar-refractivity contribution is -0.107. The number of aromatic hydroxyl groups is 1. The van der Waals surface area contributed by atoms with E-state index in [9.17, 15) is 9.90 Å². The average Bonchev–Trinajstić information content (AvgIpc) is 2.06. The van der Waals surface area contributed by atoms with Gasteiger partial charge in [-0.05, 0) is 24.6 Å². The first-order valence-electron chi connectivity index (χ1n) is 3.57. The molecule has 0 saturated carbocycles. The lowest BCUT2D eigenvalue weighted by Crippen LogP contribution is -1.92. The zero-order chi connectivity index (χ0) is 9.14. The third-order valence-electron chi connectivity index (χ3n) is 1.80. The van der Waals surface area contributed by atoms with E-state index >= 15 is 0 Å². The smallest absolute Gasteiger partial charge is 0.124 e. The molecule has 64 valence electrons. The molecule has 0 bridgehead atoms. The van der Waals surface area contributed by atoms with E-state index in [0.717, 1.165) is 16.3 Å². The summed E-state index contributed by atoms with van der Waals surface area (Å²) >= 11 is 3.32. The molecule has 1 aromatic rings. The Morgan fingerprint density at radius 1 is 1.58 bits per heavy atom. The highest BCUT2D eigenvalue weighted by Crippen LogP contribution is 2.27. The number of hydrogen-bond acceptors (Lipinski definition) is 2. The van der Waals surface area contributed by atoms with Gasteiger partial charge in [-0.3, -0.25) is 0 Å². The minimum atomic E-state index is 0.183. The maximum absolute atomic E-state index is 10.3. The molecule has 1 aromatic carbocycles. The summed E-state index contributed by atoms with van der Waals surface area (Å²) in [5.41, 5.74) is 1.61. The summed E-state index contributed by atoms with van der Waals surface area (Å²) in [7, 11) is 0. The van der Waals surface area contributed by atoms with Gasteiger partial charge in [-0.2, -0.15) is 0 Å². The third kappa shape index (κ3) is 1.67. The van der Waals surface area contributed by atoms with Crippen LogP contribution in [0, 0.1) is 6.92 Å². The molecule has 0 fully saturated rings. The van der Waals surface area contributed by atoms with Crippen molar-refractivity contribution in [2.24, 2.45) is 0 Å². The van der Waals surface area contributed by atoms with E-state index < -0.39 is 0 Å². The molecule has 0 unspecified atom stereocenters. The van der Waals surface area contributed by atoms with Crippen LogP contribution in [0.1, 0.15) is 11.1 Å². The maximum atomic E-state index is 10.3. The van der Waals surface area contributed by atoms with Crippen LogP contribution in [0.15, 0.2) is 16.6 Å². The van der Waals surface area contributed by atoms with Crippen LogP contribution in [0.3, 0.4) is 0 Å². The van der Waals surface area contributed by atoms with Crippen molar-refractivity contribution in [3.63, 3.8) is 0 Å². The van der Waals surface area contributed by atoms with Crippen LogP contribution in [0.4, 0.5) is 0 Å². The largest absolute Gasteiger partial charge is 0.508 e. The minimum Gasteiger partial charge on any atom is -0.508 e. The molecule has 12 heavy (non-hydrogen) atoms. The van der Waals surface area contributed by atoms with Crippen molar-refractivity contribution in [3.8, 4) is 5.75 Å². The van der Waals surface area contributed by atoms with Crippen molar-refractivity contribution in [3.05, 3.63) is 27.7 Å². The highest BCUT2D eigenvalue weighted by Gasteiger charge is 2.06. The van der Waals surface area contributed by atoms with Gasteiger partial charge in [-0.1, -0.05) is 15.9 Å². The lowest BCUT2D eigenvalue weighted by Gasteiger charge is -2.06. The molecule has 1 rings (SSSR count). The van der Waals surface area contributed by atoms with Gasteiger partial charge in [0, 0.05) is 16.5 Å². The number of halogens is 1. The van der Waals surface area contributed by atoms with Gasteiger partial charge in [0.1, 0.15) is 12.0 Å². The standard InChI is InChI=1S/C9H9BrO2/c1-6-7(4-5-11)9(12)3-2-8(6)10/h2-3,5,12H,4H2,1H3. The molecule has 0 aliphatic heterocycles. The van der Waals surface area contributed by atoms with Gasteiger partial charge >= 0.3 is 0 Å². The van der Waals surface area contributed by atoms with Crippen molar-refractivity contribution < 1.29 is 9.90 Å². The number of rotatable bonds is 2. The Hall–Kier alpha value is -0.830. The highest BCUT2D eigenvalue weighted by molar-refractivity contribution is 9.10. The monoisotopic (exact) mass is 228 g/mol. The Balaban J connectivity index is 3.22. The van der Waals surface area contributed by atoms with Crippen molar-refractivity contribution >= 4 is 22.2 Å². The van der Waals surface area contributed by atoms with Crippen molar-refractivity contribution in [1.82, 2.24) is 0 Å². The molecule has 0 saturated heterocycles. The predicted molar refractivity (Wildman–Crippen MR) is 50.3 cm³/mol. The molecule has 3 heteroatoms. The summed E-state index contributed by atoms with van der Waals surface area (Å²) in [5, 5.41) is 9.37. The molecule has 0 aromatic heterocycles. The highest BCUT2D eigenvalue weighted by atomic mass is 79.9. The Labute approximate surface area is 79.3 Å². The summed E-state index contributed by atoms with van der Waals surface area (Å²) in [5.74, 6) is 0.183. The Bertz CT molecular complexity index is 308. The van der Waals surface area contributed by atoms with Gasteiger partial charge in [0.05, 0.1) is 0 Å². The van der Waals surface area contributed by atoms with Crippen LogP contribution >= 0.6 is 15.9 Å². The molecule has 0 amide bonds. The normalized spacial score (nSPS) is 9.83. The molecule has 0 aliphatic carbocycles. The summed E-state index contributed by atoms with van der Waals surface area (Å²) in [6.45, 7) is 1.86. The van der Waals surface area contributed by atoms with Crippen LogP contribution in [0.5, 0.6) is 5.75 Å². The second kappa shape index (κ2) is 3.72. The van der Waals surface area contributed by atoms with E-state index in [1.54, 1.807) is 12.1 Å². The van der Waals surface area contributed by atoms with E-state index in [0.29, 0.717) is 5.56 Å². The summed E-state index contributed by atoms with van der Waals surface area (Å²) in [6.07, 6.45) is 1.05. The molecular weight excluding hydrogens is 220 g/mol. The molecule has 0 aliphatic rings. The molecule has 1 N–H and O–H groups in total. The first-order chi connectivity index (χ1) is 5.66. The number of phenolic OH excluding ortho intramolecular Hbond substituents is 1. The van der Waals surface area contributed by atoms with Gasteiger partial charge in [-0.25, -0.2) is 0 Å². The van der Waals surface area contributed by atoms with E-state index in [4.69, 9.17) is 0 Å². The number of hydrogen-bond donors (Lipinski definition) is 1. The van der Waals surface area contributed by atoms with Crippen molar-refractivity contribution in [2.75, 3.05) is 0 Å². The van der Waals surface area contributed by atoms with Gasteiger partial charge in [0.2, 0.25) is 0 Å². The Kier molecular flexibility index (Phi) is 2.87. The van der Waals surface area contributed by atoms with Crippen LogP contribution in [0.25, 0.3) is 0 Å². The minimum absolute atomic E-state index is 0.183. The second-order valence-corrected chi connectivity index (χ2v) is 3.40. The zero-order valence-electron chi connectivity index (χ0n) is 6.67. The van der Waals surface area contributed by atoms with Gasteiger partial charge in [0.25, 0.3) is 0 Å². The maximum Gasteiger partial charge on any atom is 0.124 e. The Morgan fingerprint density at radius 3 is 2.83 bits per heavy atom. The topological polar surface area (TPSA) is 37.3 Å². The first kappa shape index (κ1) is 9.26. The summed E-state index contributed by atoms with van der Waals surface area (Å²) in [4.78, 5) is 10.3. The van der Waals surface area contributed by atoms with Crippen molar-refractivity contribution in [1.29, 1.82) is 0 Å². The number of carbonyl (C=O) groups excluding carboxylic acids is 1. The quantitative estimate of drug-likeness (QED) is 0.789. The average molecular weight is 229 g/mol. The number of carbonyl (C=O) groups is 1. The number of aldehydes is 1. The third-order valence-corrected chi connectivity index (χ3v) is 2.65. The van der Waals surface area contributed by atoms with Crippen LogP contribution in [-0.2, 0) is 11.2 Å². The molecule has 0 heterocycles. The van der Waals surface area contributed by atoms with E-state index in [-0.39, 0.29) is 12.2 Å². The van der Waals surface area contributed by atoms with E-state index in [2.05, 4.69) is 15.9 Å². The number of phenols is 1. The molecule has 0 atom stereocenters. The lowest BCUT2D eigenvalue weighted by atomic mass is 10.1. The molecular formula is C9H9BrO2. The first-order valence-corrected chi connectivity index (χ1v) is 4.36. The molecule has 0 spiro atoms. The fraction of sp³-hybridized carbons (Fsp3) is 0.222. The van der Waals surface area contributed by atoms with Gasteiger partial charge < -0.3 is 9.90 Å². The van der Waals surface area contributed by atoms with Gasteiger partial charge in [-0.15, -0.1) is 0 Å². The fourth-order valence-corrected chi connectivity index (χ4v) is 1.43. The molecule has 2 nitrogen and oxygen atoms in total. The van der Waals surface area contributed by atoms with Crippen LogP contribution < -0.4 is 0 Å². The Morgan fingerprint density at radius 2 is 2.25 bits per heavy atom. The number of benzene rings is 1. The SMILES string of the molecule is Cc1c(Br)ccc(O)c1CC=O. The fourth-order valence-electron chi connectivity index (χ4n) is 1.05. The van der Waals surface area contributed by atoms with Crippen LogP contribution in [-0.4, -0.2) is 11.4 Å². The van der Waals surface area contributed by atoms with E-state index in [1.165, 1.54) is 0 Å². The zero-order valence-corrected chi connectivity index (χ0v) is 8.26. The predicted octanol–water partition coefficient (Wildman–Crippen LogP) is 2.20. The molecule has 0 radical (unpaired) electrons. The second-order valence-electron chi connectivity index (χ2n) is 2.54. The summed E-state index contributed by atoms with van der Waals surface area (Å²) in [6, 6.07) is 3.34. The summed E-state index contributed by atoms with van der Waals surface area (Å²) < 4.78 is 0.914.